The zero-order valence-corrected chi connectivity index (χ0v) is 10.8. The van der Waals surface area contributed by atoms with E-state index in [0.29, 0.717) is 0 Å². The second-order valence-electron chi connectivity index (χ2n) is 3.27. The van der Waals surface area contributed by atoms with Crippen molar-refractivity contribution in [1.29, 1.82) is 0 Å². The van der Waals surface area contributed by atoms with Crippen LogP contribution in [0.3, 0.4) is 0 Å². The third kappa shape index (κ3) is 9.28. The first-order valence-electron chi connectivity index (χ1n) is 5.22. The molecule has 0 aromatic carbocycles. The molecule has 0 radical (unpaired) electrons. The maximum atomic E-state index is 11.5. The number of esters is 3. The van der Waals surface area contributed by atoms with Crippen molar-refractivity contribution in [3.8, 4) is 0 Å². The lowest BCUT2D eigenvalue weighted by molar-refractivity contribution is -0.147. The minimum Gasteiger partial charge on any atom is -0.457 e. The van der Waals surface area contributed by atoms with E-state index in [2.05, 4.69) is 14.2 Å². The third-order valence-electron chi connectivity index (χ3n) is 1.50. The van der Waals surface area contributed by atoms with E-state index in [1.807, 2.05) is 0 Å². The maximum Gasteiger partial charge on any atom is 0.308 e. The van der Waals surface area contributed by atoms with E-state index in [4.69, 9.17) is 0 Å². The molecule has 0 aliphatic carbocycles. The Morgan fingerprint density at radius 2 is 1.58 bits per heavy atom. The van der Waals surface area contributed by atoms with Gasteiger partial charge in [-0.15, -0.1) is 0 Å². The van der Waals surface area contributed by atoms with E-state index in [-0.39, 0.29) is 5.76 Å². The summed E-state index contributed by atoms with van der Waals surface area (Å²) < 4.78 is 13.6. The summed E-state index contributed by atoms with van der Waals surface area (Å²) in [6.45, 7) is 2.91. The number of rotatable bonds is 6. The summed E-state index contributed by atoms with van der Waals surface area (Å²) >= 11 is 0. The largest absolute Gasteiger partial charge is 0.457 e. The van der Waals surface area contributed by atoms with Crippen molar-refractivity contribution in [2.45, 2.75) is 20.8 Å². The SMILES string of the molecule is CC(=O)OC=CC=C(OC(C)=O)C(=O)COC(C)=O. The lowest BCUT2D eigenvalue weighted by Gasteiger charge is -2.05. The molecule has 0 aliphatic heterocycles. The maximum absolute atomic E-state index is 11.5. The van der Waals surface area contributed by atoms with Crippen molar-refractivity contribution in [2.75, 3.05) is 6.61 Å². The van der Waals surface area contributed by atoms with Crippen LogP contribution in [0.4, 0.5) is 0 Å². The highest BCUT2D eigenvalue weighted by Gasteiger charge is 2.14. The van der Waals surface area contributed by atoms with Crippen LogP contribution in [-0.4, -0.2) is 30.3 Å². The average Bonchev–Trinajstić information content (AvgIpc) is 2.29. The lowest BCUT2D eigenvalue weighted by atomic mass is 10.3. The molecule has 0 aromatic heterocycles. The van der Waals surface area contributed by atoms with Gasteiger partial charge in [0, 0.05) is 20.8 Å². The van der Waals surface area contributed by atoms with E-state index < -0.39 is 30.3 Å². The predicted molar refractivity (Wildman–Crippen MR) is 62.4 cm³/mol. The quantitative estimate of drug-likeness (QED) is 0.230. The van der Waals surface area contributed by atoms with Gasteiger partial charge in [-0.1, -0.05) is 0 Å². The molecule has 0 aliphatic rings. The van der Waals surface area contributed by atoms with Crippen LogP contribution < -0.4 is 0 Å². The number of allylic oxidation sites excluding steroid dienone is 2. The highest BCUT2D eigenvalue weighted by molar-refractivity contribution is 5.97. The second-order valence-corrected chi connectivity index (χ2v) is 3.27. The number of hydrogen-bond acceptors (Lipinski definition) is 7. The molecule has 0 fully saturated rings. The van der Waals surface area contributed by atoms with Crippen molar-refractivity contribution in [3.63, 3.8) is 0 Å². The zero-order chi connectivity index (χ0) is 14.8. The summed E-state index contributed by atoms with van der Waals surface area (Å²) in [6, 6.07) is 0. The molecule has 0 atom stereocenters. The van der Waals surface area contributed by atoms with E-state index in [9.17, 15) is 19.2 Å². The fraction of sp³-hybridized carbons (Fsp3) is 0.333. The Balaban J connectivity index is 4.69. The number of Topliss-reactive ketones (excluding diaryl/α,β-unsaturated/α-hetero) is 1. The van der Waals surface area contributed by atoms with Gasteiger partial charge >= 0.3 is 17.9 Å². The van der Waals surface area contributed by atoms with Gasteiger partial charge in [-0.2, -0.15) is 0 Å². The zero-order valence-electron chi connectivity index (χ0n) is 10.8. The fourth-order valence-corrected chi connectivity index (χ4v) is 0.839. The monoisotopic (exact) mass is 270 g/mol. The van der Waals surface area contributed by atoms with Gasteiger partial charge in [-0.3, -0.25) is 19.2 Å². The van der Waals surface area contributed by atoms with Crippen molar-refractivity contribution in [3.05, 3.63) is 24.2 Å². The van der Waals surface area contributed by atoms with Crippen molar-refractivity contribution in [1.82, 2.24) is 0 Å². The normalized spacial score (nSPS) is 11.0. The first-order valence-corrected chi connectivity index (χ1v) is 5.22. The molecule has 19 heavy (non-hydrogen) atoms. The number of ketones is 1. The Morgan fingerprint density at radius 1 is 0.947 bits per heavy atom. The van der Waals surface area contributed by atoms with Gasteiger partial charge in [0.2, 0.25) is 5.78 Å². The van der Waals surface area contributed by atoms with E-state index in [1.54, 1.807) is 0 Å². The predicted octanol–water partition coefficient (Wildman–Crippen LogP) is 0.642. The Bertz CT molecular complexity index is 431. The number of carbonyl (C=O) groups is 4. The minimum absolute atomic E-state index is 0.322. The van der Waals surface area contributed by atoms with Crippen LogP contribution in [0.5, 0.6) is 0 Å². The molecule has 0 amide bonds. The van der Waals surface area contributed by atoms with Gasteiger partial charge in [-0.25, -0.2) is 0 Å². The standard InChI is InChI=1S/C12H14O7/c1-8(13)17-6-4-5-12(19-10(3)15)11(16)7-18-9(2)14/h4-6H,7H2,1-3H3. The molecule has 0 saturated carbocycles. The average molecular weight is 270 g/mol. The molecule has 0 aromatic rings. The van der Waals surface area contributed by atoms with Crippen LogP contribution >= 0.6 is 0 Å². The second kappa shape index (κ2) is 8.62. The van der Waals surface area contributed by atoms with Crippen LogP contribution in [0.2, 0.25) is 0 Å². The molecular weight excluding hydrogens is 256 g/mol. The molecule has 7 nitrogen and oxygen atoms in total. The number of ether oxygens (including phenoxy) is 3. The molecule has 104 valence electrons. The van der Waals surface area contributed by atoms with Gasteiger partial charge < -0.3 is 14.2 Å². The van der Waals surface area contributed by atoms with Gasteiger partial charge in [0.15, 0.2) is 12.4 Å². The molecule has 0 heterocycles. The summed E-state index contributed by atoms with van der Waals surface area (Å²) in [5.41, 5.74) is 0. The molecular formula is C12H14O7. The van der Waals surface area contributed by atoms with Crippen LogP contribution in [0.15, 0.2) is 24.2 Å². The van der Waals surface area contributed by atoms with Gasteiger partial charge in [-0.05, 0) is 12.2 Å². The fourth-order valence-electron chi connectivity index (χ4n) is 0.839. The molecule has 0 bridgehead atoms. The van der Waals surface area contributed by atoms with E-state index >= 15 is 0 Å². The summed E-state index contributed by atoms with van der Waals surface area (Å²) in [5, 5.41) is 0. The Morgan fingerprint density at radius 3 is 2.05 bits per heavy atom. The molecule has 0 unspecified atom stereocenters. The topological polar surface area (TPSA) is 96.0 Å². The van der Waals surface area contributed by atoms with Crippen LogP contribution in [0.25, 0.3) is 0 Å². The van der Waals surface area contributed by atoms with Crippen molar-refractivity contribution in [2.24, 2.45) is 0 Å². The minimum atomic E-state index is -0.705. The van der Waals surface area contributed by atoms with Gasteiger partial charge in [0.1, 0.15) is 0 Å². The first-order chi connectivity index (χ1) is 8.82. The molecule has 0 N–H and O–H groups in total. The van der Waals surface area contributed by atoms with Gasteiger partial charge in [0.25, 0.3) is 0 Å². The first kappa shape index (κ1) is 16.6. The lowest BCUT2D eigenvalue weighted by Crippen LogP contribution is -2.17. The summed E-state index contributed by atoms with van der Waals surface area (Å²) in [7, 11) is 0. The highest BCUT2D eigenvalue weighted by Crippen LogP contribution is 2.02. The number of carbonyl (C=O) groups excluding carboxylic acids is 4. The Labute approximate surface area is 109 Å². The summed E-state index contributed by atoms with van der Waals surface area (Å²) in [4.78, 5) is 43.4. The van der Waals surface area contributed by atoms with E-state index in [1.165, 1.54) is 13.0 Å². The van der Waals surface area contributed by atoms with E-state index in [0.717, 1.165) is 26.2 Å². The molecule has 0 saturated heterocycles. The summed E-state index contributed by atoms with van der Waals surface area (Å²) in [5.74, 6) is -2.89. The van der Waals surface area contributed by atoms with Crippen LogP contribution in [0, 0.1) is 0 Å². The Kier molecular flexibility index (Phi) is 7.51. The van der Waals surface area contributed by atoms with Crippen molar-refractivity contribution < 1.29 is 33.4 Å². The Hall–Kier alpha value is -2.44. The molecule has 0 spiro atoms. The highest BCUT2D eigenvalue weighted by atomic mass is 16.6. The van der Waals surface area contributed by atoms with Crippen molar-refractivity contribution >= 4 is 23.7 Å². The van der Waals surface area contributed by atoms with Crippen LogP contribution in [0.1, 0.15) is 20.8 Å². The number of hydrogen-bond donors (Lipinski definition) is 0. The molecule has 0 rings (SSSR count). The molecule has 7 heteroatoms. The summed E-state index contributed by atoms with van der Waals surface area (Å²) in [6.07, 6.45) is 3.34. The van der Waals surface area contributed by atoms with Gasteiger partial charge in [0.05, 0.1) is 6.26 Å². The smallest absolute Gasteiger partial charge is 0.308 e. The third-order valence-corrected chi connectivity index (χ3v) is 1.50. The van der Waals surface area contributed by atoms with Crippen LogP contribution in [-0.2, 0) is 33.4 Å².